The van der Waals surface area contributed by atoms with E-state index in [1.54, 1.807) is 0 Å². The molecule has 2 fully saturated rings. The largest absolute Gasteiger partial charge is 0.393 e. The van der Waals surface area contributed by atoms with E-state index in [4.69, 9.17) is 0 Å². The van der Waals surface area contributed by atoms with Gasteiger partial charge in [-0.05, 0) is 25.7 Å². The van der Waals surface area contributed by atoms with E-state index in [-0.39, 0.29) is 6.10 Å². The number of carbonyl (C=O) groups is 1. The number of amides is 1. The summed E-state index contributed by atoms with van der Waals surface area (Å²) in [7, 11) is 0. The summed E-state index contributed by atoms with van der Waals surface area (Å²) in [5.74, 6) is 0. The molecule has 4 heteroatoms. The fourth-order valence-corrected chi connectivity index (χ4v) is 2.61. The summed E-state index contributed by atoms with van der Waals surface area (Å²) < 4.78 is 0. The van der Waals surface area contributed by atoms with Crippen molar-refractivity contribution in [3.8, 4) is 0 Å². The lowest BCUT2D eigenvalue weighted by molar-refractivity contribution is -0.119. The van der Waals surface area contributed by atoms with Gasteiger partial charge in [-0.25, -0.2) is 0 Å². The number of aliphatic hydroxyl groups is 1. The highest BCUT2D eigenvalue weighted by atomic mass is 16.3. The Bertz CT molecular complexity index is 207. The van der Waals surface area contributed by atoms with Crippen LogP contribution in [-0.4, -0.2) is 59.6 Å². The van der Waals surface area contributed by atoms with Crippen molar-refractivity contribution in [3.63, 3.8) is 0 Å². The Morgan fingerprint density at radius 3 is 2.13 bits per heavy atom. The zero-order chi connectivity index (χ0) is 10.7. The molecule has 0 aromatic carbocycles. The molecule has 4 nitrogen and oxygen atoms in total. The number of rotatable bonds is 2. The van der Waals surface area contributed by atoms with Gasteiger partial charge in [0.1, 0.15) is 0 Å². The summed E-state index contributed by atoms with van der Waals surface area (Å²) >= 11 is 0. The monoisotopic (exact) mass is 212 g/mol. The third-order valence-corrected chi connectivity index (χ3v) is 3.66. The van der Waals surface area contributed by atoms with Gasteiger partial charge < -0.3 is 14.9 Å². The molecule has 1 amide bonds. The Balaban J connectivity index is 1.78. The quantitative estimate of drug-likeness (QED) is 0.658. The van der Waals surface area contributed by atoms with Crippen LogP contribution in [0.4, 0.5) is 0 Å². The Morgan fingerprint density at radius 1 is 1.00 bits per heavy atom. The van der Waals surface area contributed by atoms with Crippen LogP contribution in [0, 0.1) is 0 Å². The van der Waals surface area contributed by atoms with E-state index in [2.05, 4.69) is 4.90 Å². The van der Waals surface area contributed by atoms with E-state index in [1.807, 2.05) is 4.90 Å². The summed E-state index contributed by atoms with van der Waals surface area (Å²) in [6.07, 6.45) is 4.87. The van der Waals surface area contributed by atoms with Crippen LogP contribution in [0.25, 0.3) is 0 Å². The van der Waals surface area contributed by atoms with Crippen LogP contribution >= 0.6 is 0 Å². The molecule has 0 aromatic heterocycles. The van der Waals surface area contributed by atoms with E-state index in [0.717, 1.165) is 58.3 Å². The van der Waals surface area contributed by atoms with Crippen LogP contribution in [0.5, 0.6) is 0 Å². The van der Waals surface area contributed by atoms with Crippen LogP contribution in [0.3, 0.4) is 0 Å². The van der Waals surface area contributed by atoms with E-state index >= 15 is 0 Å². The average molecular weight is 212 g/mol. The van der Waals surface area contributed by atoms with Gasteiger partial charge in [-0.3, -0.25) is 4.79 Å². The Labute approximate surface area is 90.9 Å². The number of likely N-dealkylation sites (tertiary alicyclic amines) is 2. The maximum Gasteiger partial charge on any atom is 0.209 e. The van der Waals surface area contributed by atoms with Crippen molar-refractivity contribution in [1.82, 2.24) is 9.80 Å². The Hall–Kier alpha value is -0.610. The topological polar surface area (TPSA) is 43.8 Å². The molecule has 15 heavy (non-hydrogen) atoms. The normalized spacial score (nSPS) is 26.9. The smallest absolute Gasteiger partial charge is 0.209 e. The lowest BCUT2D eigenvalue weighted by Crippen LogP contribution is -2.48. The zero-order valence-electron chi connectivity index (χ0n) is 9.14. The summed E-state index contributed by atoms with van der Waals surface area (Å²) in [4.78, 5) is 14.9. The van der Waals surface area contributed by atoms with Crippen molar-refractivity contribution in [3.05, 3.63) is 0 Å². The van der Waals surface area contributed by atoms with E-state index in [9.17, 15) is 9.90 Å². The maximum absolute atomic E-state index is 10.6. The van der Waals surface area contributed by atoms with E-state index in [1.165, 1.54) is 0 Å². The number of piperidine rings is 2. The summed E-state index contributed by atoms with van der Waals surface area (Å²) in [6.45, 7) is 3.83. The lowest BCUT2D eigenvalue weighted by Gasteiger charge is -2.40. The highest BCUT2D eigenvalue weighted by molar-refractivity contribution is 5.47. The minimum atomic E-state index is -0.0867. The van der Waals surface area contributed by atoms with E-state index in [0.29, 0.717) is 6.04 Å². The van der Waals surface area contributed by atoms with Gasteiger partial charge in [0.25, 0.3) is 0 Å². The first kappa shape index (κ1) is 10.9. The van der Waals surface area contributed by atoms with Gasteiger partial charge in [-0.1, -0.05) is 0 Å². The third kappa shape index (κ3) is 2.69. The molecule has 0 bridgehead atoms. The SMILES string of the molecule is O=CN1CCC(N2CCC(O)CC2)CC1. The van der Waals surface area contributed by atoms with Gasteiger partial charge in [0.2, 0.25) is 6.41 Å². The second-order valence-electron chi connectivity index (χ2n) is 4.64. The van der Waals surface area contributed by atoms with Gasteiger partial charge in [0.15, 0.2) is 0 Å². The van der Waals surface area contributed by atoms with Crippen molar-refractivity contribution in [2.24, 2.45) is 0 Å². The molecule has 2 aliphatic rings. The number of hydrogen-bond donors (Lipinski definition) is 1. The molecule has 1 N–H and O–H groups in total. The molecule has 0 aliphatic carbocycles. The zero-order valence-corrected chi connectivity index (χ0v) is 9.14. The van der Waals surface area contributed by atoms with Crippen LogP contribution in [0.1, 0.15) is 25.7 Å². The summed E-state index contributed by atoms with van der Waals surface area (Å²) in [6, 6.07) is 0.633. The number of aliphatic hydroxyl groups excluding tert-OH is 1. The molecular weight excluding hydrogens is 192 g/mol. The molecule has 2 saturated heterocycles. The molecule has 2 rings (SSSR count). The highest BCUT2D eigenvalue weighted by Gasteiger charge is 2.26. The fraction of sp³-hybridized carbons (Fsp3) is 0.909. The highest BCUT2D eigenvalue weighted by Crippen LogP contribution is 2.20. The molecule has 0 radical (unpaired) electrons. The van der Waals surface area contributed by atoms with Gasteiger partial charge in [0.05, 0.1) is 6.10 Å². The number of hydrogen-bond acceptors (Lipinski definition) is 3. The average Bonchev–Trinajstić information content (AvgIpc) is 2.30. The standard InChI is InChI=1S/C11H20N2O2/c14-9-12-5-1-10(2-6-12)13-7-3-11(15)4-8-13/h9-11,15H,1-8H2. The van der Waals surface area contributed by atoms with Crippen LogP contribution in [-0.2, 0) is 4.79 Å². The van der Waals surface area contributed by atoms with Crippen LogP contribution in [0.2, 0.25) is 0 Å². The lowest BCUT2D eigenvalue weighted by atomic mass is 9.99. The van der Waals surface area contributed by atoms with Crippen molar-refractivity contribution in [2.45, 2.75) is 37.8 Å². The van der Waals surface area contributed by atoms with Crippen molar-refractivity contribution < 1.29 is 9.90 Å². The van der Waals surface area contributed by atoms with Gasteiger partial charge in [-0.15, -0.1) is 0 Å². The summed E-state index contributed by atoms with van der Waals surface area (Å²) in [5.41, 5.74) is 0. The molecular formula is C11H20N2O2. The molecule has 0 unspecified atom stereocenters. The Kier molecular flexibility index (Phi) is 3.59. The van der Waals surface area contributed by atoms with Crippen molar-refractivity contribution in [2.75, 3.05) is 26.2 Å². The first-order valence-corrected chi connectivity index (χ1v) is 5.91. The molecule has 2 heterocycles. The second-order valence-corrected chi connectivity index (χ2v) is 4.64. The van der Waals surface area contributed by atoms with Crippen LogP contribution < -0.4 is 0 Å². The van der Waals surface area contributed by atoms with Gasteiger partial charge in [0, 0.05) is 32.2 Å². The maximum atomic E-state index is 10.6. The van der Waals surface area contributed by atoms with Crippen molar-refractivity contribution in [1.29, 1.82) is 0 Å². The number of nitrogens with zero attached hydrogens (tertiary/aromatic N) is 2. The molecule has 86 valence electrons. The Morgan fingerprint density at radius 2 is 1.60 bits per heavy atom. The van der Waals surface area contributed by atoms with Gasteiger partial charge >= 0.3 is 0 Å². The predicted molar refractivity (Wildman–Crippen MR) is 57.5 cm³/mol. The fourth-order valence-electron chi connectivity index (χ4n) is 2.61. The van der Waals surface area contributed by atoms with Gasteiger partial charge in [-0.2, -0.15) is 0 Å². The molecule has 0 atom stereocenters. The third-order valence-electron chi connectivity index (χ3n) is 3.66. The molecule has 2 aliphatic heterocycles. The van der Waals surface area contributed by atoms with Crippen LogP contribution in [0.15, 0.2) is 0 Å². The molecule has 0 saturated carbocycles. The number of carbonyl (C=O) groups excluding carboxylic acids is 1. The first-order valence-electron chi connectivity index (χ1n) is 5.91. The molecule has 0 spiro atoms. The van der Waals surface area contributed by atoms with Crippen molar-refractivity contribution >= 4 is 6.41 Å². The second kappa shape index (κ2) is 4.94. The predicted octanol–water partition coefficient (Wildman–Crippen LogP) is 0.0639. The first-order chi connectivity index (χ1) is 7.29. The minimum Gasteiger partial charge on any atom is -0.393 e. The minimum absolute atomic E-state index is 0.0867. The summed E-state index contributed by atoms with van der Waals surface area (Å²) in [5, 5.41) is 9.42. The molecule has 0 aromatic rings. The van der Waals surface area contributed by atoms with E-state index < -0.39 is 0 Å².